The monoisotopic (exact) mass is 540 g/mol. The van der Waals surface area contributed by atoms with Crippen molar-refractivity contribution in [3.63, 3.8) is 0 Å². The molecule has 2 aromatic heterocycles. The van der Waals surface area contributed by atoms with Crippen molar-refractivity contribution in [2.24, 2.45) is 0 Å². The number of hydrogen-bond acceptors (Lipinski definition) is 8. The number of carbonyl (C=O) groups excluding carboxylic acids is 1. The predicted molar refractivity (Wildman–Crippen MR) is 139 cm³/mol. The number of ether oxygens (including phenoxy) is 2. The molecule has 0 fully saturated rings. The molecule has 4 rings (SSSR count). The minimum absolute atomic E-state index is 0.0626. The number of carbonyl (C=O) groups is 1. The summed E-state index contributed by atoms with van der Waals surface area (Å²) in [7, 11) is 3.13. The minimum Gasteiger partial charge on any atom is -0.493 e. The number of rotatable bonds is 11. The van der Waals surface area contributed by atoms with E-state index in [2.05, 4.69) is 25.5 Å². The maximum Gasteiger partial charge on any atom is 0.325 e. The molecule has 11 nitrogen and oxygen atoms in total. The summed E-state index contributed by atoms with van der Waals surface area (Å²) >= 11 is 1.16. The Morgan fingerprint density at radius 1 is 1.03 bits per heavy atom. The van der Waals surface area contributed by atoms with Gasteiger partial charge in [-0.3, -0.25) is 19.1 Å². The molecule has 13 heteroatoms. The molecule has 0 atom stereocenters. The van der Waals surface area contributed by atoms with E-state index in [-0.39, 0.29) is 18.1 Å². The molecule has 0 unspecified atom stereocenters. The van der Waals surface area contributed by atoms with Crippen molar-refractivity contribution in [2.75, 3.05) is 26.5 Å². The Morgan fingerprint density at radius 2 is 1.79 bits per heavy atom. The van der Waals surface area contributed by atoms with Crippen molar-refractivity contribution in [2.45, 2.75) is 18.0 Å². The molecular weight excluding hydrogens is 515 g/mol. The number of nitrogens with one attached hydrogen (secondary N) is 3. The zero-order valence-corrected chi connectivity index (χ0v) is 21.4. The number of nitrogens with zero attached hydrogens (tertiary/aromatic N) is 3. The highest BCUT2D eigenvalue weighted by molar-refractivity contribution is 7.99. The van der Waals surface area contributed by atoms with Gasteiger partial charge in [-0.05, 0) is 48.4 Å². The van der Waals surface area contributed by atoms with E-state index in [0.717, 1.165) is 17.3 Å². The van der Waals surface area contributed by atoms with Crippen molar-refractivity contribution in [1.82, 2.24) is 30.0 Å². The summed E-state index contributed by atoms with van der Waals surface area (Å²) in [5.41, 5.74) is 0.693. The third-order valence-electron chi connectivity index (χ3n) is 5.47. The van der Waals surface area contributed by atoms with Gasteiger partial charge in [-0.2, -0.15) is 0 Å². The molecule has 198 valence electrons. The highest BCUT2D eigenvalue weighted by Gasteiger charge is 2.17. The molecule has 0 spiro atoms. The fraction of sp³-hybridized carbons (Fsp3) is 0.240. The van der Waals surface area contributed by atoms with E-state index in [1.165, 1.54) is 18.2 Å². The molecule has 0 aliphatic carbocycles. The molecule has 4 aromatic rings. The summed E-state index contributed by atoms with van der Waals surface area (Å²) in [6.45, 7) is 0.417. The van der Waals surface area contributed by atoms with Gasteiger partial charge in [-0.15, -0.1) is 10.2 Å². The van der Waals surface area contributed by atoms with E-state index in [4.69, 9.17) is 9.47 Å². The van der Waals surface area contributed by atoms with Crippen molar-refractivity contribution in [1.29, 1.82) is 0 Å². The summed E-state index contributed by atoms with van der Waals surface area (Å²) < 4.78 is 25.8. The fourth-order valence-corrected chi connectivity index (χ4v) is 4.51. The number of halogens is 1. The van der Waals surface area contributed by atoms with Crippen LogP contribution < -0.4 is 26.0 Å². The van der Waals surface area contributed by atoms with Gasteiger partial charge >= 0.3 is 5.69 Å². The fourth-order valence-electron chi connectivity index (χ4n) is 3.71. The lowest BCUT2D eigenvalue weighted by Crippen LogP contribution is -2.27. The first kappa shape index (κ1) is 26.7. The second-order valence-corrected chi connectivity index (χ2v) is 9.02. The normalized spacial score (nSPS) is 10.8. The van der Waals surface area contributed by atoms with E-state index in [9.17, 15) is 18.8 Å². The van der Waals surface area contributed by atoms with Crippen molar-refractivity contribution >= 4 is 17.7 Å². The van der Waals surface area contributed by atoms with Crippen molar-refractivity contribution < 1.29 is 18.7 Å². The van der Waals surface area contributed by atoms with Gasteiger partial charge in [0.25, 0.3) is 5.56 Å². The summed E-state index contributed by atoms with van der Waals surface area (Å²) in [5.74, 6) is 1.09. The molecule has 2 heterocycles. The molecule has 38 heavy (non-hydrogen) atoms. The Bertz CT molecular complexity index is 1500. The third kappa shape index (κ3) is 6.68. The number of aromatic nitrogens is 5. The second kappa shape index (κ2) is 12.2. The van der Waals surface area contributed by atoms with Crippen LogP contribution in [0.4, 0.5) is 4.39 Å². The van der Waals surface area contributed by atoms with Crippen LogP contribution in [0.5, 0.6) is 11.5 Å². The molecule has 2 aromatic carbocycles. The van der Waals surface area contributed by atoms with Crippen LogP contribution in [0.2, 0.25) is 0 Å². The van der Waals surface area contributed by atoms with Crippen LogP contribution in [-0.2, 0) is 17.6 Å². The van der Waals surface area contributed by atoms with E-state index in [1.807, 2.05) is 18.2 Å². The van der Waals surface area contributed by atoms with Crippen LogP contribution in [0.15, 0.2) is 63.3 Å². The average Bonchev–Trinajstić information content (AvgIpc) is 3.29. The van der Waals surface area contributed by atoms with Crippen LogP contribution in [0, 0.1) is 5.82 Å². The Hall–Kier alpha value is -4.39. The highest BCUT2D eigenvalue weighted by Crippen LogP contribution is 2.27. The van der Waals surface area contributed by atoms with Gasteiger partial charge in [-0.25, -0.2) is 9.18 Å². The molecule has 0 bridgehead atoms. The zero-order chi connectivity index (χ0) is 27.1. The zero-order valence-electron chi connectivity index (χ0n) is 20.6. The van der Waals surface area contributed by atoms with Gasteiger partial charge in [0, 0.05) is 30.4 Å². The van der Waals surface area contributed by atoms with E-state index < -0.39 is 17.1 Å². The highest BCUT2D eigenvalue weighted by atomic mass is 32.2. The maximum absolute atomic E-state index is 13.6. The second-order valence-electron chi connectivity index (χ2n) is 8.08. The molecule has 0 saturated carbocycles. The summed E-state index contributed by atoms with van der Waals surface area (Å²) in [6, 6.07) is 12.5. The lowest BCUT2D eigenvalue weighted by atomic mass is 10.1. The SMILES string of the molecule is COc1ccc(CCNC(=O)CSc2nnc(Cc3cc(=O)[nH]c(=O)[nH]3)n2-c2ccc(F)cc2)cc1OC. The summed E-state index contributed by atoms with van der Waals surface area (Å²) in [4.78, 5) is 40.6. The van der Waals surface area contributed by atoms with Crippen LogP contribution >= 0.6 is 11.8 Å². The van der Waals surface area contributed by atoms with Crippen molar-refractivity contribution in [3.8, 4) is 17.2 Å². The van der Waals surface area contributed by atoms with Gasteiger partial charge in [0.15, 0.2) is 16.7 Å². The maximum atomic E-state index is 13.6. The first-order valence-electron chi connectivity index (χ1n) is 11.5. The Kier molecular flexibility index (Phi) is 8.58. The van der Waals surface area contributed by atoms with E-state index in [1.54, 1.807) is 30.9 Å². The van der Waals surface area contributed by atoms with Gasteiger partial charge in [-0.1, -0.05) is 17.8 Å². The molecule has 3 N–H and O–H groups in total. The molecule has 1 amide bonds. The summed E-state index contributed by atoms with van der Waals surface area (Å²) in [6.07, 6.45) is 0.683. The van der Waals surface area contributed by atoms with E-state index >= 15 is 0 Å². The van der Waals surface area contributed by atoms with Crippen LogP contribution in [0.1, 0.15) is 17.1 Å². The van der Waals surface area contributed by atoms with Crippen molar-refractivity contribution in [3.05, 3.63) is 92.3 Å². The standard InChI is InChI=1S/C25H25FN6O5S/c1-36-19-8-3-15(11-20(19)37-2)9-10-27-23(34)14-38-25-31-30-21(12-17-13-22(33)29-24(35)28-17)32(25)18-6-4-16(26)5-7-18/h3-8,11,13H,9-10,12,14H2,1-2H3,(H,27,34)(H2,28,29,33,35). The minimum atomic E-state index is -0.639. The van der Waals surface area contributed by atoms with E-state index in [0.29, 0.717) is 46.8 Å². The third-order valence-corrected chi connectivity index (χ3v) is 6.40. The van der Waals surface area contributed by atoms with Gasteiger partial charge in [0.05, 0.1) is 20.0 Å². The van der Waals surface area contributed by atoms with Crippen LogP contribution in [0.3, 0.4) is 0 Å². The number of benzene rings is 2. The predicted octanol–water partition coefficient (Wildman–Crippen LogP) is 1.84. The van der Waals surface area contributed by atoms with Crippen LogP contribution in [0.25, 0.3) is 5.69 Å². The number of H-pyrrole nitrogens is 2. The largest absolute Gasteiger partial charge is 0.493 e. The first-order valence-corrected chi connectivity index (χ1v) is 12.5. The number of aromatic amines is 2. The Morgan fingerprint density at radius 3 is 2.50 bits per heavy atom. The Balaban J connectivity index is 1.44. The summed E-state index contributed by atoms with van der Waals surface area (Å²) in [5, 5.41) is 11.7. The number of thioether (sulfide) groups is 1. The number of methoxy groups -OCH3 is 2. The van der Waals surface area contributed by atoms with Crippen LogP contribution in [-0.4, -0.2) is 57.2 Å². The van der Waals surface area contributed by atoms with Gasteiger partial charge in [0.1, 0.15) is 11.6 Å². The van der Waals surface area contributed by atoms with Gasteiger partial charge < -0.3 is 19.8 Å². The number of amides is 1. The smallest absolute Gasteiger partial charge is 0.325 e. The Labute approximate surface area is 220 Å². The molecular formula is C25H25FN6O5S. The quantitative estimate of drug-likeness (QED) is 0.245. The molecule has 0 saturated heterocycles. The lowest BCUT2D eigenvalue weighted by Gasteiger charge is -2.11. The molecule has 0 aliphatic rings. The molecule has 0 aliphatic heterocycles. The average molecular weight is 541 g/mol. The van der Waals surface area contributed by atoms with Gasteiger partial charge in [0.2, 0.25) is 5.91 Å². The molecule has 0 radical (unpaired) electrons. The number of hydrogen-bond donors (Lipinski definition) is 3. The lowest BCUT2D eigenvalue weighted by molar-refractivity contribution is -0.118. The topological polar surface area (TPSA) is 144 Å². The first-order chi connectivity index (χ1) is 18.4.